The number of nitrogens with one attached hydrogen (secondary N) is 1. The van der Waals surface area contributed by atoms with Gasteiger partial charge in [0.2, 0.25) is 0 Å². The van der Waals surface area contributed by atoms with Crippen molar-refractivity contribution >= 4 is 10.8 Å². The Morgan fingerprint density at radius 2 is 1.68 bits per heavy atom. The molecule has 0 saturated carbocycles. The molecule has 0 bridgehead atoms. The van der Waals surface area contributed by atoms with E-state index in [1.807, 2.05) is 6.92 Å². The summed E-state index contributed by atoms with van der Waals surface area (Å²) in [6.45, 7) is 1.70. The fourth-order valence-corrected chi connectivity index (χ4v) is 3.52. The van der Waals surface area contributed by atoms with E-state index in [1.54, 1.807) is 5.10 Å². The molecule has 214 valence electrons. The molecule has 0 aliphatic carbocycles. The van der Waals surface area contributed by atoms with Gasteiger partial charge in [-0.05, 0) is 30.0 Å². The highest BCUT2D eigenvalue weighted by Gasteiger charge is 2.37. The normalized spacial score (nSPS) is 12.6. The maximum Gasteiger partial charge on any atom is 0.425 e. The third-order valence-electron chi connectivity index (χ3n) is 5.40. The first kappa shape index (κ1) is 30.2. The van der Waals surface area contributed by atoms with E-state index in [0.717, 1.165) is 6.07 Å². The van der Waals surface area contributed by atoms with Crippen LogP contribution < -0.4 is 11.1 Å². The van der Waals surface area contributed by atoms with Crippen LogP contribution in [0, 0.1) is 5.82 Å². The fourth-order valence-electron chi connectivity index (χ4n) is 3.52. The first-order chi connectivity index (χ1) is 18.6. The van der Waals surface area contributed by atoms with Crippen molar-refractivity contribution in [2.24, 2.45) is 0 Å². The summed E-state index contributed by atoms with van der Waals surface area (Å²) in [6.07, 6.45) is -6.65. The van der Waals surface area contributed by atoms with Crippen molar-refractivity contribution in [3.05, 3.63) is 80.6 Å². The molecular formula is C24H19F8N5O3. The van der Waals surface area contributed by atoms with Gasteiger partial charge in [0.1, 0.15) is 12.0 Å². The quantitative estimate of drug-likeness (QED) is 0.314. The molecule has 16 heteroatoms. The van der Waals surface area contributed by atoms with Gasteiger partial charge in [0, 0.05) is 18.6 Å². The number of pyridine rings is 1. The molecule has 40 heavy (non-hydrogen) atoms. The van der Waals surface area contributed by atoms with Gasteiger partial charge in [-0.25, -0.2) is 23.8 Å². The van der Waals surface area contributed by atoms with E-state index in [4.69, 9.17) is 5.11 Å². The zero-order valence-electron chi connectivity index (χ0n) is 20.3. The third kappa shape index (κ3) is 6.98. The van der Waals surface area contributed by atoms with Crippen LogP contribution in [-0.4, -0.2) is 36.0 Å². The van der Waals surface area contributed by atoms with Crippen molar-refractivity contribution in [3.8, 4) is 17.1 Å². The Bertz CT molecular complexity index is 1600. The molecule has 3 heterocycles. The van der Waals surface area contributed by atoms with Gasteiger partial charge in [0.05, 0.1) is 29.3 Å². The number of hydrogen-bond acceptors (Lipinski definition) is 6. The lowest BCUT2D eigenvalue weighted by Crippen LogP contribution is -2.24. The van der Waals surface area contributed by atoms with Crippen LogP contribution in [0.25, 0.3) is 22.2 Å². The average molecular weight is 577 g/mol. The summed E-state index contributed by atoms with van der Waals surface area (Å²) < 4.78 is 103. The van der Waals surface area contributed by atoms with Crippen LogP contribution in [0.1, 0.15) is 30.9 Å². The van der Waals surface area contributed by atoms with Crippen molar-refractivity contribution < 1.29 is 40.2 Å². The highest BCUT2D eigenvalue weighted by molar-refractivity contribution is 5.85. The van der Waals surface area contributed by atoms with E-state index in [9.17, 15) is 44.7 Å². The number of aromatic amines is 1. The molecule has 0 amide bonds. The first-order valence-corrected chi connectivity index (χ1v) is 11.3. The minimum atomic E-state index is -4.86. The Morgan fingerprint density at radius 3 is 2.20 bits per heavy atom. The van der Waals surface area contributed by atoms with E-state index in [-0.39, 0.29) is 23.3 Å². The molecular weight excluding hydrogens is 558 g/mol. The molecule has 1 atom stereocenters. The second-order valence-electron chi connectivity index (χ2n) is 8.33. The summed E-state index contributed by atoms with van der Waals surface area (Å²) in [5.74, 6) is -2.26. The number of halogens is 8. The topological polar surface area (TPSA) is 114 Å². The van der Waals surface area contributed by atoms with Crippen molar-refractivity contribution in [2.75, 3.05) is 0 Å². The Kier molecular flexibility index (Phi) is 8.90. The molecule has 0 aliphatic rings. The second-order valence-corrected chi connectivity index (χ2v) is 8.33. The van der Waals surface area contributed by atoms with Gasteiger partial charge in [-0.1, -0.05) is 13.3 Å². The Balaban J connectivity index is 0.000000307. The average Bonchev–Trinajstić information content (AvgIpc) is 2.85. The minimum Gasteiger partial charge on any atom is -0.505 e. The van der Waals surface area contributed by atoms with E-state index >= 15 is 0 Å². The Morgan fingerprint density at radius 1 is 1.02 bits per heavy atom. The standard InChI is InChI=1S/C19H16F5N3O.C5H3F3N2O2/c1-2-3-13(20)10-27-5-4-11-6-15(16(21)7-14(11)18(27)28)17-25-8-12(9-26-17)19(22,23)24;6-5(7,8)3-2(11)1-9-10-4(3)12/h4-9,13H,2-3,10H2,1H3;1H,(H2,10,11,12). The first-order valence-electron chi connectivity index (χ1n) is 11.3. The summed E-state index contributed by atoms with van der Waals surface area (Å²) in [6, 6.07) is 3.78. The number of aromatic nitrogens is 5. The SMILES string of the molecule is CCCC(F)Cn1ccc2cc(-c3ncc(C(F)(F)F)cn3)c(F)cc2c1=O.O=c1[nH]ncc(O)c1C(F)(F)F. The van der Waals surface area contributed by atoms with E-state index < -0.39 is 52.3 Å². The second kappa shape index (κ2) is 11.8. The molecule has 2 N–H and O–H groups in total. The van der Waals surface area contributed by atoms with E-state index in [2.05, 4.69) is 15.1 Å². The zero-order valence-corrected chi connectivity index (χ0v) is 20.3. The smallest absolute Gasteiger partial charge is 0.425 e. The van der Waals surface area contributed by atoms with Crippen LogP contribution in [0.2, 0.25) is 0 Å². The number of nitrogens with zero attached hydrogens (tertiary/aromatic N) is 4. The molecule has 3 aromatic heterocycles. The van der Waals surface area contributed by atoms with Crippen LogP contribution in [0.3, 0.4) is 0 Å². The summed E-state index contributed by atoms with van der Waals surface area (Å²) >= 11 is 0. The van der Waals surface area contributed by atoms with Crippen molar-refractivity contribution in [1.29, 1.82) is 0 Å². The number of rotatable bonds is 5. The van der Waals surface area contributed by atoms with Gasteiger partial charge in [0.25, 0.3) is 11.1 Å². The molecule has 8 nitrogen and oxygen atoms in total. The van der Waals surface area contributed by atoms with Crippen LogP contribution in [0.5, 0.6) is 5.75 Å². The molecule has 0 radical (unpaired) electrons. The predicted octanol–water partition coefficient (Wildman–Crippen LogP) is 5.25. The summed E-state index contributed by atoms with van der Waals surface area (Å²) in [5, 5.41) is 13.6. The number of H-pyrrole nitrogens is 1. The van der Waals surface area contributed by atoms with Gasteiger partial charge >= 0.3 is 12.4 Å². The van der Waals surface area contributed by atoms with Gasteiger partial charge in [0.15, 0.2) is 17.1 Å². The maximum absolute atomic E-state index is 14.5. The van der Waals surface area contributed by atoms with Crippen molar-refractivity contribution in [1.82, 2.24) is 24.7 Å². The monoisotopic (exact) mass is 577 g/mol. The fraction of sp³-hybridized carbons (Fsp3) is 0.292. The number of hydrogen-bond donors (Lipinski definition) is 2. The molecule has 0 fully saturated rings. The highest BCUT2D eigenvalue weighted by Crippen LogP contribution is 2.32. The predicted molar refractivity (Wildman–Crippen MR) is 126 cm³/mol. The Labute approximate surface area is 219 Å². The van der Waals surface area contributed by atoms with Crippen LogP contribution in [0.15, 0.2) is 52.6 Å². The summed E-state index contributed by atoms with van der Waals surface area (Å²) in [5.41, 5.74) is -4.81. The zero-order chi connectivity index (χ0) is 29.8. The number of alkyl halides is 7. The molecule has 0 aliphatic heterocycles. The lowest BCUT2D eigenvalue weighted by Gasteiger charge is -2.11. The molecule has 0 saturated heterocycles. The minimum absolute atomic E-state index is 0.0411. The van der Waals surface area contributed by atoms with E-state index in [0.29, 0.717) is 36.8 Å². The summed E-state index contributed by atoms with van der Waals surface area (Å²) in [7, 11) is 0. The third-order valence-corrected chi connectivity index (χ3v) is 5.40. The largest absolute Gasteiger partial charge is 0.505 e. The number of benzene rings is 1. The van der Waals surface area contributed by atoms with Gasteiger partial charge in [-0.15, -0.1) is 0 Å². The molecule has 4 rings (SSSR count). The lowest BCUT2D eigenvalue weighted by molar-refractivity contribution is -0.140. The molecule has 1 aromatic carbocycles. The van der Waals surface area contributed by atoms with Gasteiger partial charge in [-0.2, -0.15) is 31.4 Å². The molecule has 4 aromatic rings. The van der Waals surface area contributed by atoms with Crippen molar-refractivity contribution in [3.63, 3.8) is 0 Å². The number of fused-ring (bicyclic) bond motifs is 1. The Hall–Kier alpha value is -4.37. The molecule has 1 unspecified atom stereocenters. The van der Waals surface area contributed by atoms with Crippen LogP contribution in [-0.2, 0) is 18.9 Å². The lowest BCUT2D eigenvalue weighted by atomic mass is 10.1. The summed E-state index contributed by atoms with van der Waals surface area (Å²) in [4.78, 5) is 30.1. The maximum atomic E-state index is 14.5. The number of aromatic hydroxyl groups is 1. The van der Waals surface area contributed by atoms with Gasteiger partial charge < -0.3 is 9.67 Å². The van der Waals surface area contributed by atoms with Crippen molar-refractivity contribution in [2.45, 2.75) is 44.8 Å². The highest BCUT2D eigenvalue weighted by atomic mass is 19.4. The molecule has 0 spiro atoms. The van der Waals surface area contributed by atoms with Crippen LogP contribution in [0.4, 0.5) is 35.1 Å². The van der Waals surface area contributed by atoms with Crippen LogP contribution >= 0.6 is 0 Å². The van der Waals surface area contributed by atoms with Gasteiger partial charge in [-0.3, -0.25) is 9.59 Å². The van der Waals surface area contributed by atoms with E-state index in [1.165, 1.54) is 22.9 Å².